The average molecular weight is 703 g/mol. The fourth-order valence-electron chi connectivity index (χ4n) is 7.84. The van der Waals surface area contributed by atoms with Gasteiger partial charge in [-0.2, -0.15) is 21.0 Å². The van der Waals surface area contributed by atoms with Gasteiger partial charge in [-0.1, -0.05) is 72.8 Å². The van der Waals surface area contributed by atoms with Crippen LogP contribution >= 0.6 is 0 Å². The third-order valence-corrected chi connectivity index (χ3v) is 10.4. The quantitative estimate of drug-likeness (QED) is 0.172. The standard InChI is InChI=1S/2C23H17N3O/c2*1-27-16-9-6-15(7-10-16)21-18-11-8-14-4-2-3-5-17(14)22(18)20(13-25)23(26)19(21)12-24/h2*2-7,9-10H,8,11,26H2,1H3. The van der Waals surface area contributed by atoms with Crippen molar-refractivity contribution in [3.05, 3.63) is 142 Å². The zero-order chi connectivity index (χ0) is 37.9. The van der Waals surface area contributed by atoms with Crippen LogP contribution in [0.25, 0.3) is 44.5 Å². The normalized spacial score (nSPS) is 11.7. The molecule has 8 nitrogen and oxygen atoms in total. The summed E-state index contributed by atoms with van der Waals surface area (Å²) in [7, 11) is 3.24. The predicted molar refractivity (Wildman–Crippen MR) is 210 cm³/mol. The van der Waals surface area contributed by atoms with E-state index in [1.54, 1.807) is 14.2 Å². The van der Waals surface area contributed by atoms with E-state index in [-0.39, 0.29) is 11.4 Å². The summed E-state index contributed by atoms with van der Waals surface area (Å²) in [5, 5.41) is 39.2. The maximum atomic E-state index is 9.81. The van der Waals surface area contributed by atoms with Crippen molar-refractivity contribution in [1.29, 1.82) is 21.0 Å². The van der Waals surface area contributed by atoms with Crippen LogP contribution in [0, 0.1) is 45.3 Å². The van der Waals surface area contributed by atoms with Crippen LogP contribution in [0.5, 0.6) is 11.5 Å². The summed E-state index contributed by atoms with van der Waals surface area (Å²) in [5.41, 5.74) is 26.3. The van der Waals surface area contributed by atoms with Crippen LogP contribution in [0.2, 0.25) is 0 Å². The molecule has 2 aliphatic rings. The van der Waals surface area contributed by atoms with E-state index in [1.165, 1.54) is 11.1 Å². The van der Waals surface area contributed by atoms with Gasteiger partial charge in [0.15, 0.2) is 0 Å². The minimum Gasteiger partial charge on any atom is -0.497 e. The van der Waals surface area contributed by atoms with E-state index in [0.29, 0.717) is 22.3 Å². The number of anilines is 2. The summed E-state index contributed by atoms with van der Waals surface area (Å²) < 4.78 is 10.5. The van der Waals surface area contributed by atoms with Crippen LogP contribution in [0.15, 0.2) is 97.1 Å². The number of nitrogen functional groups attached to an aromatic ring is 2. The summed E-state index contributed by atoms with van der Waals surface area (Å²) in [6, 6.07) is 40.3. The molecule has 8 heteroatoms. The van der Waals surface area contributed by atoms with Crippen molar-refractivity contribution in [2.45, 2.75) is 25.7 Å². The topological polar surface area (TPSA) is 166 Å². The Labute approximate surface area is 314 Å². The molecule has 0 atom stereocenters. The molecule has 2 aliphatic carbocycles. The number of nitrogens with two attached hydrogens (primary N) is 2. The highest BCUT2D eigenvalue weighted by atomic mass is 16.5. The Balaban J connectivity index is 0.000000167. The van der Waals surface area contributed by atoms with Gasteiger partial charge in [0, 0.05) is 22.3 Å². The van der Waals surface area contributed by atoms with Gasteiger partial charge in [0.1, 0.15) is 35.8 Å². The molecule has 0 radical (unpaired) electrons. The van der Waals surface area contributed by atoms with Gasteiger partial charge in [-0.05, 0) is 94.5 Å². The van der Waals surface area contributed by atoms with Crippen molar-refractivity contribution in [3.63, 3.8) is 0 Å². The van der Waals surface area contributed by atoms with Gasteiger partial charge in [0.2, 0.25) is 0 Å². The summed E-state index contributed by atoms with van der Waals surface area (Å²) >= 11 is 0. The van der Waals surface area contributed by atoms with E-state index in [2.05, 4.69) is 36.4 Å². The van der Waals surface area contributed by atoms with Crippen molar-refractivity contribution in [2.24, 2.45) is 0 Å². The number of methoxy groups -OCH3 is 2. The van der Waals surface area contributed by atoms with Crippen molar-refractivity contribution in [1.82, 2.24) is 0 Å². The number of ether oxygens (including phenoxy) is 2. The molecule has 6 aromatic carbocycles. The third kappa shape index (κ3) is 5.79. The fraction of sp³-hybridized carbons (Fsp3) is 0.130. The Bertz CT molecular complexity index is 2450. The number of nitriles is 4. The molecule has 0 unspecified atom stereocenters. The molecule has 0 spiro atoms. The number of benzene rings is 6. The Morgan fingerprint density at radius 1 is 0.444 bits per heavy atom. The lowest BCUT2D eigenvalue weighted by molar-refractivity contribution is 0.415. The number of fused-ring (bicyclic) bond motifs is 6. The molecule has 0 amide bonds. The molecule has 0 heterocycles. The Hall–Kier alpha value is -7.52. The summed E-state index contributed by atoms with van der Waals surface area (Å²) in [6.07, 6.45) is 3.26. The molecule has 8 rings (SSSR count). The van der Waals surface area contributed by atoms with E-state index in [1.807, 2.05) is 84.9 Å². The number of rotatable bonds is 4. The average Bonchev–Trinajstić information content (AvgIpc) is 3.23. The van der Waals surface area contributed by atoms with Crippen LogP contribution in [0.3, 0.4) is 0 Å². The van der Waals surface area contributed by atoms with Crippen LogP contribution in [-0.2, 0) is 25.7 Å². The summed E-state index contributed by atoms with van der Waals surface area (Å²) in [6.45, 7) is 0. The van der Waals surface area contributed by atoms with Crippen LogP contribution in [0.1, 0.15) is 44.5 Å². The molecule has 0 bridgehead atoms. The first-order chi connectivity index (χ1) is 26.4. The molecule has 260 valence electrons. The van der Waals surface area contributed by atoms with Gasteiger partial charge in [-0.3, -0.25) is 0 Å². The molecule has 54 heavy (non-hydrogen) atoms. The highest BCUT2D eigenvalue weighted by Gasteiger charge is 2.29. The van der Waals surface area contributed by atoms with Crippen molar-refractivity contribution in [2.75, 3.05) is 25.7 Å². The van der Waals surface area contributed by atoms with Gasteiger partial charge >= 0.3 is 0 Å². The number of hydrogen-bond acceptors (Lipinski definition) is 8. The van der Waals surface area contributed by atoms with Gasteiger partial charge < -0.3 is 20.9 Å². The molecule has 4 N–H and O–H groups in total. The van der Waals surface area contributed by atoms with Crippen molar-refractivity contribution < 1.29 is 9.47 Å². The van der Waals surface area contributed by atoms with Crippen LogP contribution < -0.4 is 20.9 Å². The van der Waals surface area contributed by atoms with E-state index >= 15 is 0 Å². The van der Waals surface area contributed by atoms with Gasteiger partial charge in [-0.25, -0.2) is 0 Å². The maximum Gasteiger partial charge on any atom is 0.118 e. The second kappa shape index (κ2) is 14.6. The minimum atomic E-state index is 0.251. The monoisotopic (exact) mass is 702 g/mol. The molecule has 0 saturated carbocycles. The van der Waals surface area contributed by atoms with Gasteiger partial charge in [0.25, 0.3) is 0 Å². The number of aryl methyl sites for hydroxylation is 2. The predicted octanol–water partition coefficient (Wildman–Crippen LogP) is 8.91. The first-order valence-electron chi connectivity index (χ1n) is 17.4. The van der Waals surface area contributed by atoms with E-state index in [0.717, 1.165) is 92.8 Å². The van der Waals surface area contributed by atoms with Crippen LogP contribution in [-0.4, -0.2) is 14.2 Å². The third-order valence-electron chi connectivity index (χ3n) is 10.4. The lowest BCUT2D eigenvalue weighted by Crippen LogP contribution is -2.11. The van der Waals surface area contributed by atoms with E-state index < -0.39 is 0 Å². The van der Waals surface area contributed by atoms with Crippen molar-refractivity contribution >= 4 is 11.4 Å². The largest absolute Gasteiger partial charge is 0.497 e. The SMILES string of the molecule is COc1ccc(-c2c(C#N)c(N)c(C#N)c3c2CCc2ccccc2-3)cc1.COc1ccc(-c2c(C#N)c(N)c(C#N)c3c2CCc2ccccc2-3)cc1. The van der Waals surface area contributed by atoms with Gasteiger partial charge in [0.05, 0.1) is 47.8 Å². The minimum absolute atomic E-state index is 0.251. The van der Waals surface area contributed by atoms with Gasteiger partial charge in [-0.15, -0.1) is 0 Å². The Morgan fingerprint density at radius 2 is 0.778 bits per heavy atom. The van der Waals surface area contributed by atoms with Crippen molar-refractivity contribution in [3.8, 4) is 80.3 Å². The second-order valence-corrected chi connectivity index (χ2v) is 13.0. The lowest BCUT2D eigenvalue weighted by atomic mass is 9.77. The number of hydrogen-bond donors (Lipinski definition) is 2. The van der Waals surface area contributed by atoms with E-state index in [9.17, 15) is 21.0 Å². The maximum absolute atomic E-state index is 9.81. The number of nitrogens with zero attached hydrogens (tertiary/aromatic N) is 4. The Morgan fingerprint density at radius 3 is 1.11 bits per heavy atom. The zero-order valence-corrected chi connectivity index (χ0v) is 29.8. The molecule has 0 fully saturated rings. The summed E-state index contributed by atoms with van der Waals surface area (Å²) in [4.78, 5) is 0. The second-order valence-electron chi connectivity index (χ2n) is 13.0. The lowest BCUT2D eigenvalue weighted by Gasteiger charge is -2.26. The van der Waals surface area contributed by atoms with E-state index in [4.69, 9.17) is 20.9 Å². The molecule has 0 aliphatic heterocycles. The Kier molecular flexibility index (Phi) is 9.44. The highest BCUT2D eigenvalue weighted by molar-refractivity contribution is 5.96. The smallest absolute Gasteiger partial charge is 0.118 e. The molecule has 0 aromatic heterocycles. The van der Waals surface area contributed by atoms with Crippen LogP contribution in [0.4, 0.5) is 11.4 Å². The molecular weight excluding hydrogens is 669 g/mol. The fourth-order valence-corrected chi connectivity index (χ4v) is 7.84. The molecule has 6 aromatic rings. The molecular formula is C46H34N6O2. The highest BCUT2D eigenvalue weighted by Crippen LogP contribution is 2.47. The first-order valence-corrected chi connectivity index (χ1v) is 17.4. The molecule has 0 saturated heterocycles. The zero-order valence-electron chi connectivity index (χ0n) is 29.8. The first kappa shape index (κ1) is 34.9. The summed E-state index contributed by atoms with van der Waals surface area (Å²) in [5.74, 6) is 1.50.